The summed E-state index contributed by atoms with van der Waals surface area (Å²) in [6.45, 7) is 9.72. The molecule has 0 radical (unpaired) electrons. The predicted molar refractivity (Wildman–Crippen MR) is 181 cm³/mol. The Hall–Kier alpha value is -4.88. The van der Waals surface area contributed by atoms with Crippen LogP contribution in [0.3, 0.4) is 0 Å². The largest absolute Gasteiger partial charge is 0.308 e. The minimum absolute atomic E-state index is 0.182. The van der Waals surface area contributed by atoms with E-state index in [1.165, 1.54) is 83.1 Å². The smallest absolute Gasteiger partial charge is 0.0582 e. The molecule has 0 unspecified atom stereocenters. The molecule has 0 atom stereocenters. The minimum atomic E-state index is -0.182. The average molecular weight is 552 g/mol. The molecule has 1 nitrogen and oxygen atoms in total. The molecule has 43 heavy (non-hydrogen) atoms. The van der Waals surface area contributed by atoms with Crippen molar-refractivity contribution in [2.75, 3.05) is 0 Å². The van der Waals surface area contributed by atoms with Crippen LogP contribution in [0.2, 0.25) is 0 Å². The first-order valence-corrected chi connectivity index (χ1v) is 15.4. The molecule has 206 valence electrons. The average Bonchev–Trinajstić information content (AvgIpc) is 3.37. The molecule has 1 heteroatoms. The molecule has 2 aliphatic heterocycles. The lowest BCUT2D eigenvalue weighted by Crippen LogP contribution is -2.33. The molecule has 6 aromatic carbocycles. The maximum absolute atomic E-state index is 2.63. The van der Waals surface area contributed by atoms with Gasteiger partial charge in [0, 0.05) is 21.6 Å². The molecule has 7 aromatic rings. The van der Waals surface area contributed by atoms with Crippen LogP contribution in [0.25, 0.3) is 60.9 Å². The number of rotatable bonds is 3. The van der Waals surface area contributed by atoms with Crippen molar-refractivity contribution in [1.29, 1.82) is 0 Å². The summed E-state index contributed by atoms with van der Waals surface area (Å²) in [5, 5.41) is 2.69. The van der Waals surface area contributed by atoms with E-state index < -0.39 is 0 Å². The molecule has 0 bridgehead atoms. The van der Waals surface area contributed by atoms with Crippen LogP contribution in [0.5, 0.6) is 0 Å². The first kappa shape index (κ1) is 24.7. The van der Waals surface area contributed by atoms with Gasteiger partial charge in [0.05, 0.1) is 16.7 Å². The molecule has 0 saturated carbocycles. The Balaban J connectivity index is 1.50. The molecule has 0 spiro atoms. The number of fused-ring (bicyclic) bond motifs is 1. The van der Waals surface area contributed by atoms with E-state index >= 15 is 0 Å². The van der Waals surface area contributed by atoms with Crippen LogP contribution in [-0.2, 0) is 10.8 Å². The second-order valence-electron chi connectivity index (χ2n) is 13.4. The quantitative estimate of drug-likeness (QED) is 0.206. The summed E-state index contributed by atoms with van der Waals surface area (Å²) in [5.41, 5.74) is 17.0. The van der Waals surface area contributed by atoms with E-state index in [9.17, 15) is 0 Å². The van der Waals surface area contributed by atoms with E-state index in [0.717, 1.165) is 0 Å². The molecule has 2 aliphatic rings. The zero-order chi connectivity index (χ0) is 29.1. The topological polar surface area (TPSA) is 4.93 Å². The highest BCUT2D eigenvalue weighted by atomic mass is 15.0. The van der Waals surface area contributed by atoms with Crippen LogP contribution < -0.4 is 0 Å². The zero-order valence-corrected chi connectivity index (χ0v) is 25.1. The molecule has 0 saturated heterocycles. The van der Waals surface area contributed by atoms with Gasteiger partial charge in [-0.15, -0.1) is 0 Å². The minimum Gasteiger partial charge on any atom is -0.308 e. The molecule has 0 fully saturated rings. The molecule has 0 aliphatic carbocycles. The van der Waals surface area contributed by atoms with Gasteiger partial charge < -0.3 is 4.57 Å². The van der Waals surface area contributed by atoms with Gasteiger partial charge in [0.1, 0.15) is 0 Å². The first-order chi connectivity index (χ1) is 20.8. The van der Waals surface area contributed by atoms with Crippen molar-refractivity contribution in [3.63, 3.8) is 0 Å². The monoisotopic (exact) mass is 551 g/mol. The standard InChI is InChI=1S/C42H33N/c1-41(2)34-22-29(26-14-8-5-9-15-26)20-32-33-21-30(27-16-10-6-11-17-27)23-35-39(33)43(38(32)34)40-36(41)24-31(25-37(40)42(35,3)4)28-18-12-7-13-19-28/h5-25H,1-4H3. The van der Waals surface area contributed by atoms with Crippen LogP contribution in [0, 0.1) is 0 Å². The van der Waals surface area contributed by atoms with E-state index in [2.05, 4.69) is 160 Å². The molecule has 0 amide bonds. The third-order valence-electron chi connectivity index (χ3n) is 10.3. The van der Waals surface area contributed by atoms with E-state index in [1.807, 2.05) is 0 Å². The Morgan fingerprint density at radius 3 is 1.07 bits per heavy atom. The third kappa shape index (κ3) is 3.23. The first-order valence-electron chi connectivity index (χ1n) is 15.4. The number of hydrogen-bond donors (Lipinski definition) is 0. The van der Waals surface area contributed by atoms with E-state index in [0.29, 0.717) is 0 Å². The van der Waals surface area contributed by atoms with Gasteiger partial charge >= 0.3 is 0 Å². The zero-order valence-electron chi connectivity index (χ0n) is 25.1. The SMILES string of the molecule is CC1(C)c2cc(-c3ccccc3)cc3c2-n2c4c1cc(-c1ccccc1)cc4c1cc(-c4ccccc4)cc(c12)C3(C)C. The normalized spacial score (nSPS) is 15.3. The van der Waals surface area contributed by atoms with Gasteiger partial charge in [0.2, 0.25) is 0 Å². The summed E-state index contributed by atoms with van der Waals surface area (Å²) in [4.78, 5) is 0. The highest BCUT2D eigenvalue weighted by molar-refractivity contribution is 6.16. The van der Waals surface area contributed by atoms with E-state index in [4.69, 9.17) is 0 Å². The summed E-state index contributed by atoms with van der Waals surface area (Å²) in [5.74, 6) is 0. The van der Waals surface area contributed by atoms with Crippen molar-refractivity contribution in [1.82, 2.24) is 4.57 Å². The Kier molecular flexibility index (Phi) is 4.80. The van der Waals surface area contributed by atoms with E-state index in [1.54, 1.807) is 0 Å². The Bertz CT molecular complexity index is 2110. The van der Waals surface area contributed by atoms with Gasteiger partial charge in [0.15, 0.2) is 0 Å². The van der Waals surface area contributed by atoms with Gasteiger partial charge in [-0.1, -0.05) is 119 Å². The maximum atomic E-state index is 2.63. The number of aromatic nitrogens is 1. The second-order valence-corrected chi connectivity index (χ2v) is 13.4. The second kappa shape index (κ2) is 8.36. The fourth-order valence-corrected chi connectivity index (χ4v) is 7.96. The summed E-state index contributed by atoms with van der Waals surface area (Å²) >= 11 is 0. The van der Waals surface area contributed by atoms with Crippen molar-refractivity contribution in [2.45, 2.75) is 38.5 Å². The van der Waals surface area contributed by atoms with Crippen molar-refractivity contribution in [3.8, 4) is 39.1 Å². The third-order valence-corrected chi connectivity index (χ3v) is 10.3. The Morgan fingerprint density at radius 2 is 0.698 bits per heavy atom. The highest BCUT2D eigenvalue weighted by Crippen LogP contribution is 2.57. The van der Waals surface area contributed by atoms with Crippen molar-refractivity contribution in [3.05, 3.63) is 150 Å². The summed E-state index contributed by atoms with van der Waals surface area (Å²) in [7, 11) is 0. The maximum Gasteiger partial charge on any atom is 0.0582 e. The van der Waals surface area contributed by atoms with Gasteiger partial charge in [-0.05, 0) is 92.0 Å². The molecule has 1 aromatic heterocycles. The van der Waals surface area contributed by atoms with Gasteiger partial charge in [-0.25, -0.2) is 0 Å². The van der Waals surface area contributed by atoms with Crippen molar-refractivity contribution >= 4 is 21.8 Å². The van der Waals surface area contributed by atoms with Gasteiger partial charge in [-0.3, -0.25) is 0 Å². The lowest BCUT2D eigenvalue weighted by atomic mass is 9.67. The molecule has 9 rings (SSSR count). The summed E-state index contributed by atoms with van der Waals surface area (Å²) in [6.07, 6.45) is 0. The fraction of sp³-hybridized carbons (Fsp3) is 0.143. The lowest BCUT2D eigenvalue weighted by molar-refractivity contribution is 0.594. The Labute approximate surface area is 253 Å². The molecule has 0 N–H and O–H groups in total. The lowest BCUT2D eigenvalue weighted by Gasteiger charge is -2.42. The fourth-order valence-electron chi connectivity index (χ4n) is 7.96. The van der Waals surface area contributed by atoms with Crippen LogP contribution in [-0.4, -0.2) is 4.57 Å². The predicted octanol–water partition coefficient (Wildman–Crippen LogP) is 11.1. The van der Waals surface area contributed by atoms with Crippen LogP contribution >= 0.6 is 0 Å². The molecular weight excluding hydrogens is 518 g/mol. The number of benzene rings is 6. The van der Waals surface area contributed by atoms with Crippen LogP contribution in [0.15, 0.2) is 127 Å². The summed E-state index contributed by atoms with van der Waals surface area (Å²) < 4.78 is 2.63. The van der Waals surface area contributed by atoms with Crippen LogP contribution in [0.4, 0.5) is 0 Å². The molecule has 3 heterocycles. The van der Waals surface area contributed by atoms with E-state index in [-0.39, 0.29) is 10.8 Å². The highest BCUT2D eigenvalue weighted by Gasteiger charge is 2.44. The van der Waals surface area contributed by atoms with Crippen molar-refractivity contribution in [2.24, 2.45) is 0 Å². The van der Waals surface area contributed by atoms with Crippen molar-refractivity contribution < 1.29 is 0 Å². The number of hydrogen-bond acceptors (Lipinski definition) is 0. The Morgan fingerprint density at radius 1 is 0.372 bits per heavy atom. The van der Waals surface area contributed by atoms with Crippen LogP contribution in [0.1, 0.15) is 49.9 Å². The molecular formula is C42H33N. The van der Waals surface area contributed by atoms with Gasteiger partial charge in [0.25, 0.3) is 0 Å². The summed E-state index contributed by atoms with van der Waals surface area (Å²) in [6, 6.07) is 47.4. The van der Waals surface area contributed by atoms with Gasteiger partial charge in [-0.2, -0.15) is 0 Å². The number of nitrogens with zero attached hydrogens (tertiary/aromatic N) is 1.